The third-order valence-electron chi connectivity index (χ3n) is 3.25. The molecule has 1 fully saturated rings. The van der Waals surface area contributed by atoms with Crippen LogP contribution in [0.5, 0.6) is 0 Å². The van der Waals surface area contributed by atoms with Crippen molar-refractivity contribution in [3.05, 3.63) is 29.3 Å². The maximum Gasteiger partial charge on any atom is 0.323 e. The van der Waals surface area contributed by atoms with Crippen molar-refractivity contribution < 1.29 is 14.6 Å². The first kappa shape index (κ1) is 14.2. The molecule has 0 aliphatic carbocycles. The number of rotatable bonds is 5. The summed E-state index contributed by atoms with van der Waals surface area (Å²) in [5, 5.41) is 9.68. The fraction of sp³-hybridized carbons (Fsp3) is 0.500. The highest BCUT2D eigenvalue weighted by Gasteiger charge is 2.19. The number of halogens is 1. The zero-order chi connectivity index (χ0) is 13.7. The monoisotopic (exact) mass is 283 g/mol. The highest BCUT2D eigenvalue weighted by Crippen LogP contribution is 2.22. The fourth-order valence-corrected chi connectivity index (χ4v) is 2.47. The zero-order valence-corrected chi connectivity index (χ0v) is 11.5. The third-order valence-corrected chi connectivity index (χ3v) is 3.50. The maximum absolute atomic E-state index is 11.0. The average molecular weight is 284 g/mol. The number of hydrogen-bond donors (Lipinski definition) is 1. The van der Waals surface area contributed by atoms with Gasteiger partial charge in [0.2, 0.25) is 0 Å². The summed E-state index contributed by atoms with van der Waals surface area (Å²) in [6.45, 7) is 2.23. The molecule has 1 N–H and O–H groups in total. The van der Waals surface area contributed by atoms with E-state index in [0.29, 0.717) is 24.1 Å². The van der Waals surface area contributed by atoms with Gasteiger partial charge in [-0.3, -0.25) is 4.79 Å². The molecule has 1 aliphatic heterocycles. The van der Waals surface area contributed by atoms with Gasteiger partial charge in [0.05, 0.1) is 6.61 Å². The lowest BCUT2D eigenvalue weighted by atomic mass is 10.0. The molecule has 1 heterocycles. The van der Waals surface area contributed by atoms with Gasteiger partial charge in [0.15, 0.2) is 0 Å². The molecule has 5 heteroatoms. The molecule has 0 aromatic heterocycles. The van der Waals surface area contributed by atoms with Crippen LogP contribution < -0.4 is 4.90 Å². The molecule has 1 aliphatic rings. The first-order valence-electron chi connectivity index (χ1n) is 6.45. The number of nitrogens with zero attached hydrogens (tertiary/aromatic N) is 1. The Labute approximate surface area is 117 Å². The van der Waals surface area contributed by atoms with E-state index in [-0.39, 0.29) is 6.54 Å². The van der Waals surface area contributed by atoms with Crippen LogP contribution >= 0.6 is 11.6 Å². The normalized spacial score (nSPS) is 19.1. The van der Waals surface area contributed by atoms with E-state index in [1.807, 2.05) is 17.0 Å². The molecule has 0 amide bonds. The van der Waals surface area contributed by atoms with Gasteiger partial charge in [0.25, 0.3) is 0 Å². The van der Waals surface area contributed by atoms with E-state index in [2.05, 4.69) is 0 Å². The first-order chi connectivity index (χ1) is 9.15. The number of hydrogen-bond acceptors (Lipinski definition) is 3. The van der Waals surface area contributed by atoms with Crippen LogP contribution in [0.25, 0.3) is 0 Å². The molecule has 0 bridgehead atoms. The van der Waals surface area contributed by atoms with Gasteiger partial charge < -0.3 is 14.7 Å². The van der Waals surface area contributed by atoms with Crippen molar-refractivity contribution in [3.63, 3.8) is 0 Å². The number of carboxylic acid groups (broad SMARTS) is 1. The Kier molecular flexibility index (Phi) is 5.05. The van der Waals surface area contributed by atoms with Gasteiger partial charge in [0, 0.05) is 23.9 Å². The lowest BCUT2D eigenvalue weighted by molar-refractivity contribution is -0.135. The van der Waals surface area contributed by atoms with Crippen LogP contribution in [0.1, 0.15) is 12.8 Å². The van der Waals surface area contributed by atoms with Crippen LogP contribution in [0.15, 0.2) is 24.3 Å². The molecule has 1 aromatic rings. The Morgan fingerprint density at radius 1 is 1.42 bits per heavy atom. The van der Waals surface area contributed by atoms with E-state index >= 15 is 0 Å². The SMILES string of the molecule is O=C(O)CN(CC1CCCOC1)c1ccc(Cl)cc1. The van der Waals surface area contributed by atoms with Gasteiger partial charge in [-0.25, -0.2) is 0 Å². The van der Waals surface area contributed by atoms with Gasteiger partial charge in [-0.1, -0.05) is 11.6 Å². The minimum absolute atomic E-state index is 0.00185. The van der Waals surface area contributed by atoms with E-state index in [1.165, 1.54) is 0 Å². The number of aliphatic carboxylic acids is 1. The van der Waals surface area contributed by atoms with E-state index in [1.54, 1.807) is 12.1 Å². The van der Waals surface area contributed by atoms with Crippen molar-refractivity contribution >= 4 is 23.3 Å². The topological polar surface area (TPSA) is 49.8 Å². The molecule has 104 valence electrons. The predicted molar refractivity (Wildman–Crippen MR) is 74.8 cm³/mol. The maximum atomic E-state index is 11.0. The summed E-state index contributed by atoms with van der Waals surface area (Å²) in [6.07, 6.45) is 2.13. The molecule has 1 saturated heterocycles. The van der Waals surface area contributed by atoms with Crippen LogP contribution in [0.3, 0.4) is 0 Å². The van der Waals surface area contributed by atoms with Gasteiger partial charge in [-0.2, -0.15) is 0 Å². The van der Waals surface area contributed by atoms with E-state index in [9.17, 15) is 4.79 Å². The van der Waals surface area contributed by atoms with E-state index in [0.717, 1.165) is 25.1 Å². The first-order valence-corrected chi connectivity index (χ1v) is 6.83. The molecule has 19 heavy (non-hydrogen) atoms. The van der Waals surface area contributed by atoms with Crippen molar-refractivity contribution in [3.8, 4) is 0 Å². The van der Waals surface area contributed by atoms with Gasteiger partial charge >= 0.3 is 5.97 Å². The van der Waals surface area contributed by atoms with Crippen molar-refractivity contribution in [1.29, 1.82) is 0 Å². The Balaban J connectivity index is 2.06. The summed E-state index contributed by atoms with van der Waals surface area (Å²) < 4.78 is 5.45. The number of carboxylic acids is 1. The van der Waals surface area contributed by atoms with Crippen molar-refractivity contribution in [2.45, 2.75) is 12.8 Å². The second-order valence-corrected chi connectivity index (χ2v) is 5.27. The zero-order valence-electron chi connectivity index (χ0n) is 10.7. The summed E-state index contributed by atoms with van der Waals surface area (Å²) in [7, 11) is 0. The van der Waals surface area contributed by atoms with Crippen LogP contribution in [-0.4, -0.2) is 37.4 Å². The standard InChI is InChI=1S/C14H18ClNO3/c15-12-3-5-13(6-4-12)16(9-14(17)18)8-11-2-1-7-19-10-11/h3-6,11H,1-2,7-10H2,(H,17,18). The molecule has 0 spiro atoms. The largest absolute Gasteiger partial charge is 0.480 e. The smallest absolute Gasteiger partial charge is 0.323 e. The summed E-state index contributed by atoms with van der Waals surface area (Å²) in [5.41, 5.74) is 0.886. The number of ether oxygens (including phenoxy) is 1. The average Bonchev–Trinajstić information content (AvgIpc) is 2.39. The molecular formula is C14H18ClNO3. The Hall–Kier alpha value is -1.26. The minimum Gasteiger partial charge on any atom is -0.480 e. The van der Waals surface area contributed by atoms with Gasteiger partial charge in [0.1, 0.15) is 6.54 Å². The summed E-state index contributed by atoms with van der Waals surface area (Å²) in [6, 6.07) is 7.27. The van der Waals surface area contributed by atoms with Crippen LogP contribution in [0, 0.1) is 5.92 Å². The number of anilines is 1. The van der Waals surface area contributed by atoms with Crippen LogP contribution in [0.4, 0.5) is 5.69 Å². The number of carbonyl (C=O) groups is 1. The van der Waals surface area contributed by atoms with Gasteiger partial charge in [-0.05, 0) is 43.0 Å². The molecule has 1 unspecified atom stereocenters. The molecule has 1 aromatic carbocycles. The molecule has 2 rings (SSSR count). The van der Waals surface area contributed by atoms with Crippen LogP contribution in [-0.2, 0) is 9.53 Å². The Bertz CT molecular complexity index is 415. The van der Waals surface area contributed by atoms with Crippen molar-refractivity contribution in [2.75, 3.05) is 31.2 Å². The molecule has 4 nitrogen and oxygen atoms in total. The van der Waals surface area contributed by atoms with Crippen molar-refractivity contribution in [1.82, 2.24) is 0 Å². The molecule has 0 saturated carbocycles. The molecule has 0 radical (unpaired) electrons. The molecule has 1 atom stereocenters. The fourth-order valence-electron chi connectivity index (χ4n) is 2.34. The second kappa shape index (κ2) is 6.78. The Morgan fingerprint density at radius 3 is 2.74 bits per heavy atom. The molecular weight excluding hydrogens is 266 g/mol. The minimum atomic E-state index is -0.827. The highest BCUT2D eigenvalue weighted by atomic mass is 35.5. The highest BCUT2D eigenvalue weighted by molar-refractivity contribution is 6.30. The Morgan fingerprint density at radius 2 is 2.16 bits per heavy atom. The van der Waals surface area contributed by atoms with Crippen molar-refractivity contribution in [2.24, 2.45) is 5.92 Å². The lowest BCUT2D eigenvalue weighted by Gasteiger charge is -2.30. The quantitative estimate of drug-likeness (QED) is 0.903. The second-order valence-electron chi connectivity index (χ2n) is 4.83. The van der Waals surface area contributed by atoms with Crippen LogP contribution in [0.2, 0.25) is 5.02 Å². The third kappa shape index (κ3) is 4.40. The van der Waals surface area contributed by atoms with E-state index < -0.39 is 5.97 Å². The summed E-state index contributed by atoms with van der Waals surface area (Å²) in [5.74, 6) is -0.435. The predicted octanol–water partition coefficient (Wildman–Crippen LogP) is 2.66. The summed E-state index contributed by atoms with van der Waals surface area (Å²) >= 11 is 5.86. The van der Waals surface area contributed by atoms with E-state index in [4.69, 9.17) is 21.4 Å². The number of benzene rings is 1. The van der Waals surface area contributed by atoms with Gasteiger partial charge in [-0.15, -0.1) is 0 Å². The lowest BCUT2D eigenvalue weighted by Crippen LogP contribution is -2.37. The summed E-state index contributed by atoms with van der Waals surface area (Å²) in [4.78, 5) is 12.9.